The fraction of sp³-hybridized carbons (Fsp3) is 0.316. The van der Waals surface area contributed by atoms with Crippen LogP contribution in [0.1, 0.15) is 30.8 Å². The van der Waals surface area contributed by atoms with Gasteiger partial charge >= 0.3 is 0 Å². The molecule has 1 amide bonds. The number of hydrogen-bond acceptors (Lipinski definition) is 6. The topological polar surface area (TPSA) is 76.1 Å². The van der Waals surface area contributed by atoms with Crippen LogP contribution in [-0.4, -0.2) is 29.5 Å². The first-order chi connectivity index (χ1) is 12.5. The molecule has 0 saturated carbocycles. The van der Waals surface area contributed by atoms with Gasteiger partial charge in [-0.3, -0.25) is 9.78 Å². The lowest BCUT2D eigenvalue weighted by Crippen LogP contribution is -2.18. The summed E-state index contributed by atoms with van der Waals surface area (Å²) in [5, 5.41) is 6.85. The Morgan fingerprint density at radius 1 is 1.23 bits per heavy atom. The van der Waals surface area contributed by atoms with Gasteiger partial charge in [0.05, 0.1) is 10.2 Å². The van der Waals surface area contributed by atoms with E-state index in [1.807, 2.05) is 18.2 Å². The smallest absolute Gasteiger partial charge is 0.269 e. The maximum Gasteiger partial charge on any atom is 0.269 e. The van der Waals surface area contributed by atoms with Crippen molar-refractivity contribution < 1.29 is 9.53 Å². The van der Waals surface area contributed by atoms with Gasteiger partial charge in [0, 0.05) is 31.9 Å². The van der Waals surface area contributed by atoms with Crippen molar-refractivity contribution in [2.24, 2.45) is 5.92 Å². The molecule has 0 saturated heterocycles. The van der Waals surface area contributed by atoms with E-state index in [4.69, 9.17) is 4.74 Å². The number of benzene rings is 1. The van der Waals surface area contributed by atoms with Crippen LogP contribution in [0.3, 0.4) is 0 Å². The number of amides is 1. The maximum atomic E-state index is 11.7. The summed E-state index contributed by atoms with van der Waals surface area (Å²) in [6.45, 7) is 5.33. The highest BCUT2D eigenvalue weighted by atomic mass is 32.1. The summed E-state index contributed by atoms with van der Waals surface area (Å²) >= 11 is 1.61. The van der Waals surface area contributed by atoms with Crippen LogP contribution in [-0.2, 0) is 0 Å². The van der Waals surface area contributed by atoms with Crippen LogP contribution in [0.25, 0.3) is 10.2 Å². The standard InChI is InChI=1S/C19H22N4O2S/c1-12(2)6-8-22-19-23-15-5-4-13(11-17(15)26-19)25-14-7-9-21-16(10-14)18(24)20-3/h4-5,7,9-12H,6,8H2,1-3H3,(H,20,24)(H,22,23). The minimum absolute atomic E-state index is 0.245. The van der Waals surface area contributed by atoms with E-state index in [0.717, 1.165) is 28.3 Å². The Morgan fingerprint density at radius 3 is 2.81 bits per heavy atom. The number of fused-ring (bicyclic) bond motifs is 1. The second-order valence-electron chi connectivity index (χ2n) is 6.32. The molecule has 3 aromatic rings. The Kier molecular flexibility index (Phi) is 5.68. The van der Waals surface area contributed by atoms with Crippen molar-refractivity contribution in [3.05, 3.63) is 42.2 Å². The molecule has 2 heterocycles. The van der Waals surface area contributed by atoms with Crippen LogP contribution in [0, 0.1) is 5.92 Å². The molecule has 2 aromatic heterocycles. The molecule has 0 aliphatic carbocycles. The van der Waals surface area contributed by atoms with Crippen molar-refractivity contribution in [3.8, 4) is 11.5 Å². The molecule has 0 radical (unpaired) electrons. The third-order valence-corrected chi connectivity index (χ3v) is 4.76. The molecule has 1 aromatic carbocycles. The summed E-state index contributed by atoms with van der Waals surface area (Å²) in [6, 6.07) is 9.12. The zero-order valence-corrected chi connectivity index (χ0v) is 15.9. The van der Waals surface area contributed by atoms with Gasteiger partial charge in [0.2, 0.25) is 0 Å². The van der Waals surface area contributed by atoms with Gasteiger partial charge in [0.25, 0.3) is 5.91 Å². The van der Waals surface area contributed by atoms with Crippen LogP contribution in [0.4, 0.5) is 5.13 Å². The number of carbonyl (C=O) groups excluding carboxylic acids is 1. The van der Waals surface area contributed by atoms with Crippen molar-refractivity contribution in [1.29, 1.82) is 0 Å². The second kappa shape index (κ2) is 8.14. The number of aromatic nitrogens is 2. The molecule has 3 rings (SSSR count). The van der Waals surface area contributed by atoms with Crippen molar-refractivity contribution in [3.63, 3.8) is 0 Å². The number of nitrogens with one attached hydrogen (secondary N) is 2. The van der Waals surface area contributed by atoms with Gasteiger partial charge in [0.1, 0.15) is 17.2 Å². The second-order valence-corrected chi connectivity index (χ2v) is 7.35. The Labute approximate surface area is 156 Å². The van der Waals surface area contributed by atoms with Gasteiger partial charge in [-0.05, 0) is 30.5 Å². The van der Waals surface area contributed by atoms with E-state index in [0.29, 0.717) is 23.1 Å². The van der Waals surface area contributed by atoms with Crippen LogP contribution < -0.4 is 15.4 Å². The molecule has 0 atom stereocenters. The van der Waals surface area contributed by atoms with Crippen molar-refractivity contribution in [2.75, 3.05) is 18.9 Å². The summed E-state index contributed by atoms with van der Waals surface area (Å²) < 4.78 is 6.93. The summed E-state index contributed by atoms with van der Waals surface area (Å²) in [7, 11) is 1.57. The highest BCUT2D eigenvalue weighted by molar-refractivity contribution is 7.22. The quantitative estimate of drug-likeness (QED) is 0.648. The van der Waals surface area contributed by atoms with E-state index in [1.54, 1.807) is 36.7 Å². The minimum atomic E-state index is -0.245. The lowest BCUT2D eigenvalue weighted by atomic mass is 10.1. The molecule has 0 fully saturated rings. The number of ether oxygens (including phenoxy) is 1. The van der Waals surface area contributed by atoms with E-state index in [2.05, 4.69) is 34.4 Å². The number of carbonyl (C=O) groups is 1. The third-order valence-electron chi connectivity index (χ3n) is 3.78. The molecular weight excluding hydrogens is 348 g/mol. The van der Waals surface area contributed by atoms with E-state index >= 15 is 0 Å². The van der Waals surface area contributed by atoms with Crippen molar-refractivity contribution in [1.82, 2.24) is 15.3 Å². The first kappa shape index (κ1) is 18.1. The Hall–Kier alpha value is -2.67. The Bertz CT molecular complexity index is 907. The molecule has 2 N–H and O–H groups in total. The predicted molar refractivity (Wildman–Crippen MR) is 105 cm³/mol. The highest BCUT2D eigenvalue weighted by Crippen LogP contribution is 2.31. The fourth-order valence-corrected chi connectivity index (χ4v) is 3.29. The molecule has 0 spiro atoms. The predicted octanol–water partition coefficient (Wildman–Crippen LogP) is 4.30. The van der Waals surface area contributed by atoms with Gasteiger partial charge in [0.15, 0.2) is 5.13 Å². The van der Waals surface area contributed by atoms with Crippen LogP contribution in [0.5, 0.6) is 11.5 Å². The summed E-state index contributed by atoms with van der Waals surface area (Å²) in [4.78, 5) is 20.3. The molecule has 6 nitrogen and oxygen atoms in total. The lowest BCUT2D eigenvalue weighted by Gasteiger charge is -2.06. The Balaban J connectivity index is 1.74. The maximum absolute atomic E-state index is 11.7. The molecule has 0 bridgehead atoms. The first-order valence-electron chi connectivity index (χ1n) is 8.55. The number of pyridine rings is 1. The van der Waals surface area contributed by atoms with E-state index in [9.17, 15) is 4.79 Å². The average Bonchev–Trinajstić information content (AvgIpc) is 3.03. The molecule has 136 valence electrons. The highest BCUT2D eigenvalue weighted by Gasteiger charge is 2.09. The molecular formula is C19H22N4O2S. The first-order valence-corrected chi connectivity index (χ1v) is 9.37. The number of nitrogens with zero attached hydrogens (tertiary/aromatic N) is 2. The van der Waals surface area contributed by atoms with Crippen LogP contribution in [0.2, 0.25) is 0 Å². The van der Waals surface area contributed by atoms with E-state index in [-0.39, 0.29) is 5.91 Å². The molecule has 0 aliphatic heterocycles. The normalized spacial score (nSPS) is 10.9. The van der Waals surface area contributed by atoms with Crippen LogP contribution >= 0.6 is 11.3 Å². The largest absolute Gasteiger partial charge is 0.457 e. The number of rotatable bonds is 7. The number of hydrogen-bond donors (Lipinski definition) is 2. The zero-order chi connectivity index (χ0) is 18.5. The fourth-order valence-electron chi connectivity index (χ4n) is 2.37. The summed E-state index contributed by atoms with van der Waals surface area (Å²) in [5.41, 5.74) is 1.26. The minimum Gasteiger partial charge on any atom is -0.457 e. The summed E-state index contributed by atoms with van der Waals surface area (Å²) in [5.74, 6) is 1.68. The SMILES string of the molecule is CNC(=O)c1cc(Oc2ccc3nc(NCCC(C)C)sc3c2)ccn1. The lowest BCUT2D eigenvalue weighted by molar-refractivity contribution is 0.0958. The monoisotopic (exact) mass is 370 g/mol. The summed E-state index contributed by atoms with van der Waals surface area (Å²) in [6.07, 6.45) is 2.67. The zero-order valence-electron chi connectivity index (χ0n) is 15.1. The molecule has 7 heteroatoms. The molecule has 26 heavy (non-hydrogen) atoms. The van der Waals surface area contributed by atoms with Crippen molar-refractivity contribution in [2.45, 2.75) is 20.3 Å². The van der Waals surface area contributed by atoms with Gasteiger partial charge in [-0.15, -0.1) is 0 Å². The molecule has 0 unspecified atom stereocenters. The van der Waals surface area contributed by atoms with Gasteiger partial charge < -0.3 is 15.4 Å². The van der Waals surface area contributed by atoms with E-state index in [1.165, 1.54) is 0 Å². The Morgan fingerprint density at radius 2 is 2.04 bits per heavy atom. The van der Waals surface area contributed by atoms with Crippen molar-refractivity contribution >= 4 is 32.6 Å². The third kappa shape index (κ3) is 4.49. The van der Waals surface area contributed by atoms with E-state index < -0.39 is 0 Å². The van der Waals surface area contributed by atoms with Gasteiger partial charge in [-0.1, -0.05) is 25.2 Å². The van der Waals surface area contributed by atoms with Crippen LogP contribution in [0.15, 0.2) is 36.5 Å². The van der Waals surface area contributed by atoms with Gasteiger partial charge in [-0.25, -0.2) is 4.98 Å². The van der Waals surface area contributed by atoms with Gasteiger partial charge in [-0.2, -0.15) is 0 Å². The number of anilines is 1. The number of thiazole rings is 1. The molecule has 0 aliphatic rings. The average molecular weight is 370 g/mol.